The maximum Gasteiger partial charge on any atom is 0.249 e. The van der Waals surface area contributed by atoms with Gasteiger partial charge in [0, 0.05) is 18.9 Å². The van der Waals surface area contributed by atoms with Gasteiger partial charge >= 0.3 is 0 Å². The molecule has 0 radical (unpaired) electrons. The molecular weight excluding hydrogens is 294 g/mol. The van der Waals surface area contributed by atoms with Gasteiger partial charge in [-0.05, 0) is 72.9 Å². The highest BCUT2D eigenvalue weighted by molar-refractivity contribution is 5.78. The normalized spacial score (nSPS) is 21.4. The van der Waals surface area contributed by atoms with Crippen LogP contribution in [0.3, 0.4) is 0 Å². The molecule has 2 rings (SSSR count). The summed E-state index contributed by atoms with van der Waals surface area (Å²) in [7, 11) is 7.38. The Hall–Kier alpha value is -0.980. The van der Waals surface area contributed by atoms with Crippen LogP contribution in [0.4, 0.5) is 0 Å². The number of carbonyl (C=O) groups excluding carboxylic acids is 2. The fourth-order valence-electron chi connectivity index (χ4n) is 3.02. The molecule has 0 spiro atoms. The standard InChI is InChI=1S/C9H18N2O2.C8H15NO/c1-10-6-4-8(5-7-10)9(12)11(2)13-3;1-7(10)8-3-5-9(2)6-4-8/h8H,4-7H2,1-3H3;8H,3-6H2,1-2H3. The molecule has 0 atom stereocenters. The average molecular weight is 327 g/mol. The first-order valence-corrected chi connectivity index (χ1v) is 8.54. The molecule has 0 aromatic rings. The summed E-state index contributed by atoms with van der Waals surface area (Å²) in [5.41, 5.74) is 0. The molecule has 6 nitrogen and oxygen atoms in total. The van der Waals surface area contributed by atoms with Crippen LogP contribution in [0.15, 0.2) is 0 Å². The molecule has 0 unspecified atom stereocenters. The van der Waals surface area contributed by atoms with Crippen molar-refractivity contribution < 1.29 is 14.4 Å². The van der Waals surface area contributed by atoms with Gasteiger partial charge in [0.15, 0.2) is 0 Å². The van der Waals surface area contributed by atoms with Gasteiger partial charge in [0.25, 0.3) is 0 Å². The van der Waals surface area contributed by atoms with Crippen LogP contribution in [0.1, 0.15) is 32.6 Å². The Bertz CT molecular complexity index is 373. The van der Waals surface area contributed by atoms with E-state index in [9.17, 15) is 9.59 Å². The summed E-state index contributed by atoms with van der Waals surface area (Å²) in [6.07, 6.45) is 4.02. The number of piperidine rings is 2. The Morgan fingerprint density at radius 2 is 1.30 bits per heavy atom. The van der Waals surface area contributed by atoms with Crippen molar-refractivity contribution >= 4 is 11.7 Å². The third-order valence-corrected chi connectivity index (χ3v) is 4.95. The van der Waals surface area contributed by atoms with Crippen LogP contribution in [0, 0.1) is 11.8 Å². The molecule has 0 saturated carbocycles. The quantitative estimate of drug-likeness (QED) is 0.731. The Morgan fingerprint density at radius 1 is 0.913 bits per heavy atom. The maximum absolute atomic E-state index is 11.6. The van der Waals surface area contributed by atoms with Gasteiger partial charge in [-0.15, -0.1) is 0 Å². The van der Waals surface area contributed by atoms with Crippen LogP contribution in [-0.2, 0) is 14.4 Å². The number of ketones is 1. The third kappa shape index (κ3) is 6.97. The lowest BCUT2D eigenvalue weighted by molar-refractivity contribution is -0.174. The number of carbonyl (C=O) groups is 2. The SMILES string of the molecule is CC(=O)C1CCN(C)CC1.CON(C)C(=O)C1CCN(C)CC1. The van der Waals surface area contributed by atoms with Crippen molar-refractivity contribution in [1.29, 1.82) is 0 Å². The van der Waals surface area contributed by atoms with Gasteiger partial charge in [-0.1, -0.05) is 0 Å². The van der Waals surface area contributed by atoms with E-state index in [1.807, 2.05) is 0 Å². The minimum atomic E-state index is 0.107. The molecule has 2 saturated heterocycles. The lowest BCUT2D eigenvalue weighted by Crippen LogP contribution is -2.39. The van der Waals surface area contributed by atoms with Gasteiger partial charge < -0.3 is 9.80 Å². The predicted molar refractivity (Wildman–Crippen MR) is 90.9 cm³/mol. The van der Waals surface area contributed by atoms with E-state index in [2.05, 4.69) is 23.9 Å². The highest BCUT2D eigenvalue weighted by Gasteiger charge is 2.25. The largest absolute Gasteiger partial charge is 0.306 e. The van der Waals surface area contributed by atoms with Crippen molar-refractivity contribution in [2.45, 2.75) is 32.6 Å². The van der Waals surface area contributed by atoms with Crippen LogP contribution in [0.25, 0.3) is 0 Å². The summed E-state index contributed by atoms with van der Waals surface area (Å²) >= 11 is 0. The molecule has 1 amide bonds. The number of likely N-dealkylation sites (tertiary alicyclic amines) is 2. The van der Waals surface area contributed by atoms with Crippen molar-refractivity contribution in [3.8, 4) is 0 Å². The molecule has 134 valence electrons. The van der Waals surface area contributed by atoms with Crippen LogP contribution >= 0.6 is 0 Å². The van der Waals surface area contributed by atoms with Crippen molar-refractivity contribution in [3.63, 3.8) is 0 Å². The van der Waals surface area contributed by atoms with Crippen molar-refractivity contribution in [3.05, 3.63) is 0 Å². The molecule has 2 fully saturated rings. The van der Waals surface area contributed by atoms with Crippen LogP contribution < -0.4 is 0 Å². The minimum absolute atomic E-state index is 0.107. The molecule has 0 aliphatic carbocycles. The predicted octanol–water partition coefficient (Wildman–Crippen LogP) is 1.27. The van der Waals surface area contributed by atoms with E-state index in [4.69, 9.17) is 4.84 Å². The fourth-order valence-corrected chi connectivity index (χ4v) is 3.02. The topological polar surface area (TPSA) is 53.1 Å². The summed E-state index contributed by atoms with van der Waals surface area (Å²) in [6, 6.07) is 0. The van der Waals surface area contributed by atoms with E-state index in [1.54, 1.807) is 14.0 Å². The number of nitrogens with zero attached hydrogens (tertiary/aromatic N) is 3. The molecule has 6 heteroatoms. The molecule has 0 aromatic heterocycles. The van der Waals surface area contributed by atoms with Gasteiger partial charge in [-0.3, -0.25) is 14.4 Å². The zero-order valence-corrected chi connectivity index (χ0v) is 15.4. The zero-order valence-electron chi connectivity index (χ0n) is 15.4. The van der Waals surface area contributed by atoms with Gasteiger partial charge in [-0.25, -0.2) is 5.06 Å². The van der Waals surface area contributed by atoms with Gasteiger partial charge in [0.2, 0.25) is 5.91 Å². The zero-order chi connectivity index (χ0) is 17.4. The van der Waals surface area contributed by atoms with E-state index in [-0.39, 0.29) is 11.8 Å². The Morgan fingerprint density at radius 3 is 1.65 bits per heavy atom. The summed E-state index contributed by atoms with van der Waals surface area (Å²) in [6.45, 7) is 5.90. The molecule has 0 bridgehead atoms. The molecule has 0 N–H and O–H groups in total. The van der Waals surface area contributed by atoms with E-state index >= 15 is 0 Å². The number of Topliss-reactive ketones (excluding diaryl/α,β-unsaturated/α-hetero) is 1. The minimum Gasteiger partial charge on any atom is -0.306 e. The lowest BCUT2D eigenvalue weighted by atomic mass is 9.94. The van der Waals surface area contributed by atoms with Crippen molar-refractivity contribution in [1.82, 2.24) is 14.9 Å². The average Bonchev–Trinajstić information content (AvgIpc) is 2.55. The van der Waals surface area contributed by atoms with E-state index in [1.165, 1.54) is 12.2 Å². The second-order valence-corrected chi connectivity index (χ2v) is 6.78. The summed E-state index contributed by atoms with van der Waals surface area (Å²) in [5.74, 6) is 0.987. The summed E-state index contributed by atoms with van der Waals surface area (Å²) in [5, 5.41) is 1.33. The molecule has 2 heterocycles. The van der Waals surface area contributed by atoms with Crippen LogP contribution in [-0.4, -0.2) is 81.0 Å². The number of amides is 1. The first kappa shape index (κ1) is 20.1. The monoisotopic (exact) mass is 327 g/mol. The smallest absolute Gasteiger partial charge is 0.249 e. The summed E-state index contributed by atoms with van der Waals surface area (Å²) < 4.78 is 0. The highest BCUT2D eigenvalue weighted by atomic mass is 16.7. The van der Waals surface area contributed by atoms with Crippen LogP contribution in [0.5, 0.6) is 0 Å². The van der Waals surface area contributed by atoms with E-state index in [0.717, 1.165) is 51.9 Å². The fraction of sp³-hybridized carbons (Fsp3) is 0.882. The van der Waals surface area contributed by atoms with Crippen molar-refractivity contribution in [2.75, 3.05) is 54.4 Å². The Balaban J connectivity index is 0.000000238. The summed E-state index contributed by atoms with van der Waals surface area (Å²) in [4.78, 5) is 31.9. The van der Waals surface area contributed by atoms with Gasteiger partial charge in [0.1, 0.15) is 5.78 Å². The molecule has 2 aliphatic heterocycles. The highest BCUT2D eigenvalue weighted by Crippen LogP contribution is 2.18. The maximum atomic E-state index is 11.6. The first-order valence-electron chi connectivity index (χ1n) is 8.54. The van der Waals surface area contributed by atoms with E-state index < -0.39 is 0 Å². The number of hydroxylamine groups is 2. The van der Waals surface area contributed by atoms with E-state index in [0.29, 0.717) is 11.7 Å². The second kappa shape index (κ2) is 10.0. The van der Waals surface area contributed by atoms with Gasteiger partial charge in [0.05, 0.1) is 7.11 Å². The van der Waals surface area contributed by atoms with Gasteiger partial charge in [-0.2, -0.15) is 0 Å². The number of rotatable bonds is 3. The third-order valence-electron chi connectivity index (χ3n) is 4.95. The second-order valence-electron chi connectivity index (χ2n) is 6.78. The molecule has 2 aliphatic rings. The Labute approximate surface area is 140 Å². The number of hydrogen-bond acceptors (Lipinski definition) is 5. The first-order chi connectivity index (χ1) is 10.8. The molecule has 0 aromatic carbocycles. The molecule has 23 heavy (non-hydrogen) atoms. The van der Waals surface area contributed by atoms with Crippen LogP contribution in [0.2, 0.25) is 0 Å². The molecular formula is C17H33N3O3. The Kier molecular flexibility index (Phi) is 8.73. The lowest BCUT2D eigenvalue weighted by Gasteiger charge is -2.29. The number of hydrogen-bond donors (Lipinski definition) is 0. The van der Waals surface area contributed by atoms with Crippen molar-refractivity contribution in [2.24, 2.45) is 11.8 Å².